The molecule has 0 aromatic rings. The fourth-order valence-corrected chi connectivity index (χ4v) is 0.750. The zero-order chi connectivity index (χ0) is 10.2. The van der Waals surface area contributed by atoms with E-state index in [1.807, 2.05) is 0 Å². The molecule has 0 radical (unpaired) electrons. The number of rotatable bonds is 3. The molecule has 0 spiro atoms. The Morgan fingerprint density at radius 1 is 1.00 bits per heavy atom. The van der Waals surface area contributed by atoms with E-state index in [2.05, 4.69) is 20.8 Å². The smallest absolute Gasteiger partial charge is 0.0742 e. The Hall–Kier alpha value is -0.170. The van der Waals surface area contributed by atoms with Gasteiger partial charge in [0.25, 0.3) is 0 Å². The summed E-state index contributed by atoms with van der Waals surface area (Å²) < 4.78 is 34.1. The van der Waals surface area contributed by atoms with Crippen LogP contribution >= 0.6 is 0 Å². The minimum atomic E-state index is -5.17. The molecule has 5 nitrogen and oxygen atoms in total. The van der Waals surface area contributed by atoms with Gasteiger partial charge in [-0.05, 0) is 20.8 Å². The monoisotopic (exact) mass is 198 g/mol. The van der Waals surface area contributed by atoms with Gasteiger partial charge < -0.3 is 14.0 Å². The highest BCUT2D eigenvalue weighted by Crippen LogP contribution is 1.57. The number of nitrogens with one attached hydrogen (secondary N) is 1. The van der Waals surface area contributed by atoms with Crippen LogP contribution in [0.3, 0.4) is 0 Å². The molecular weight excluding hydrogens is 182 g/mol. The topological polar surface area (TPSA) is 84.7 Å². The third kappa shape index (κ3) is 22.5. The molecule has 0 aliphatic heterocycles. The first-order valence-corrected chi connectivity index (χ1v) is 5.18. The fraction of sp³-hybridized carbons (Fsp3) is 1.00. The Morgan fingerprint density at radius 2 is 1.17 bits per heavy atom. The first-order valence-electron chi connectivity index (χ1n) is 3.85. The molecule has 0 heterocycles. The van der Waals surface area contributed by atoms with Crippen LogP contribution in [-0.4, -0.2) is 37.2 Å². The summed E-state index contributed by atoms with van der Waals surface area (Å²) in [5, 5.41) is 0. The molecule has 0 unspecified atom stereocenters. The summed E-state index contributed by atoms with van der Waals surface area (Å²) in [7, 11) is -5.17. The number of quaternary nitrogens is 1. The molecule has 76 valence electrons. The normalized spacial score (nSPS) is 10.8. The van der Waals surface area contributed by atoms with Gasteiger partial charge in [0, 0.05) is 10.4 Å². The lowest BCUT2D eigenvalue weighted by Gasteiger charge is -2.10. The molecule has 0 aromatic carbocycles. The van der Waals surface area contributed by atoms with Crippen LogP contribution in [-0.2, 0) is 10.4 Å². The van der Waals surface area contributed by atoms with Crippen molar-refractivity contribution >= 4 is 10.4 Å². The van der Waals surface area contributed by atoms with E-state index < -0.39 is 10.4 Å². The van der Waals surface area contributed by atoms with Gasteiger partial charge >= 0.3 is 0 Å². The third-order valence-corrected chi connectivity index (χ3v) is 1.50. The quantitative estimate of drug-likeness (QED) is 0.446. The molecule has 1 N–H and O–H groups in total. The van der Waals surface area contributed by atoms with E-state index in [-0.39, 0.29) is 0 Å². The Labute approximate surface area is 74.0 Å². The van der Waals surface area contributed by atoms with Gasteiger partial charge in [0.1, 0.15) is 0 Å². The van der Waals surface area contributed by atoms with Crippen molar-refractivity contribution in [2.45, 2.75) is 20.8 Å². The van der Waals surface area contributed by atoms with Gasteiger partial charge in [0.15, 0.2) is 0 Å². The molecule has 0 aliphatic carbocycles. The van der Waals surface area contributed by atoms with Gasteiger partial charge in [-0.15, -0.1) is 0 Å². The lowest BCUT2D eigenvalue weighted by atomic mass is 10.5. The molecule has 0 saturated heterocycles. The van der Waals surface area contributed by atoms with E-state index in [4.69, 9.17) is 17.5 Å². The molecule has 0 bridgehead atoms. The van der Waals surface area contributed by atoms with Crippen LogP contribution in [0.2, 0.25) is 0 Å². The lowest BCUT2D eigenvalue weighted by molar-refractivity contribution is -0.894. The van der Waals surface area contributed by atoms with Crippen molar-refractivity contribution in [2.75, 3.05) is 19.6 Å². The highest BCUT2D eigenvalue weighted by Gasteiger charge is 1.92. The third-order valence-electron chi connectivity index (χ3n) is 1.50. The van der Waals surface area contributed by atoms with Crippen molar-refractivity contribution in [3.63, 3.8) is 0 Å². The average molecular weight is 198 g/mol. The van der Waals surface area contributed by atoms with Crippen LogP contribution in [0, 0.1) is 0 Å². The molecule has 0 atom stereocenters. The van der Waals surface area contributed by atoms with E-state index in [1.54, 1.807) is 4.90 Å². The van der Waals surface area contributed by atoms with Crippen LogP contribution < -0.4 is 4.90 Å². The Bertz CT molecular complexity index is 160. The average Bonchev–Trinajstić information content (AvgIpc) is 1.88. The molecule has 0 aromatic heterocycles. The zero-order valence-electron chi connectivity index (χ0n) is 7.66. The summed E-state index contributed by atoms with van der Waals surface area (Å²) in [4.78, 5) is 1.68. The van der Waals surface area contributed by atoms with Crippen molar-refractivity contribution in [1.82, 2.24) is 0 Å². The second-order valence-corrected chi connectivity index (χ2v) is 3.04. The van der Waals surface area contributed by atoms with Gasteiger partial charge in [-0.3, -0.25) is 8.42 Å². The standard InChI is InChI=1S/C6H15N.H2O4S/c1-4-7(5-2)6-3;1-5(2,3)4/h4-6H2,1-3H3;(H2,1,2,3,4)/p-1. The number of hydrogen-bond acceptors (Lipinski definition) is 4. The molecular formula is C6H16NO4S-. The van der Waals surface area contributed by atoms with Crippen LogP contribution in [0.25, 0.3) is 0 Å². The van der Waals surface area contributed by atoms with Crippen LogP contribution in [0.5, 0.6) is 0 Å². The van der Waals surface area contributed by atoms with Crippen molar-refractivity contribution in [1.29, 1.82) is 0 Å². The SMILES string of the molecule is CC[NH+](CC)CC.O=S(=O)([O-])[O-]. The van der Waals surface area contributed by atoms with E-state index in [0.29, 0.717) is 0 Å². The predicted octanol–water partition coefficient (Wildman–Crippen LogP) is -1.41. The van der Waals surface area contributed by atoms with E-state index in [1.165, 1.54) is 19.6 Å². The maximum Gasteiger partial charge on any atom is 0.0742 e. The van der Waals surface area contributed by atoms with Crippen molar-refractivity contribution in [2.24, 2.45) is 0 Å². The van der Waals surface area contributed by atoms with E-state index >= 15 is 0 Å². The van der Waals surface area contributed by atoms with Crippen molar-refractivity contribution < 1.29 is 22.4 Å². The highest BCUT2D eigenvalue weighted by atomic mass is 32.3. The van der Waals surface area contributed by atoms with Crippen molar-refractivity contribution in [3.8, 4) is 0 Å². The maximum atomic E-state index is 8.52. The fourth-order valence-electron chi connectivity index (χ4n) is 0.750. The molecule has 0 aliphatic rings. The first kappa shape index (κ1) is 14.4. The van der Waals surface area contributed by atoms with E-state index in [9.17, 15) is 0 Å². The Morgan fingerprint density at radius 3 is 1.17 bits per heavy atom. The zero-order valence-corrected chi connectivity index (χ0v) is 8.48. The maximum absolute atomic E-state index is 8.52. The summed E-state index contributed by atoms with van der Waals surface area (Å²) in [5.74, 6) is 0. The molecule has 0 amide bonds. The summed E-state index contributed by atoms with van der Waals surface area (Å²) in [6.07, 6.45) is 0. The number of hydrogen-bond donors (Lipinski definition) is 1. The second kappa shape index (κ2) is 7.48. The van der Waals surface area contributed by atoms with Gasteiger partial charge in [0.2, 0.25) is 0 Å². The molecule has 0 rings (SSSR count). The van der Waals surface area contributed by atoms with Crippen LogP contribution in [0.4, 0.5) is 0 Å². The largest absolute Gasteiger partial charge is 0.759 e. The summed E-state index contributed by atoms with van der Waals surface area (Å²) >= 11 is 0. The Kier molecular flexibility index (Phi) is 8.95. The second-order valence-electron chi connectivity index (χ2n) is 2.22. The highest BCUT2D eigenvalue weighted by molar-refractivity contribution is 7.79. The summed E-state index contributed by atoms with van der Waals surface area (Å²) in [5.41, 5.74) is 0. The summed E-state index contributed by atoms with van der Waals surface area (Å²) in [6, 6.07) is 0. The van der Waals surface area contributed by atoms with Gasteiger partial charge in [-0.2, -0.15) is 0 Å². The van der Waals surface area contributed by atoms with Crippen LogP contribution in [0.1, 0.15) is 20.8 Å². The minimum Gasteiger partial charge on any atom is -0.759 e. The molecule has 0 saturated carbocycles. The minimum absolute atomic E-state index is 1.27. The Balaban J connectivity index is 0. The van der Waals surface area contributed by atoms with Gasteiger partial charge in [0.05, 0.1) is 19.6 Å². The lowest BCUT2D eigenvalue weighted by Crippen LogP contribution is -3.11. The molecule has 6 heteroatoms. The van der Waals surface area contributed by atoms with Crippen molar-refractivity contribution in [3.05, 3.63) is 0 Å². The molecule has 12 heavy (non-hydrogen) atoms. The predicted molar refractivity (Wildman–Crippen MR) is 43.1 cm³/mol. The summed E-state index contributed by atoms with van der Waals surface area (Å²) in [6.45, 7) is 10.5. The first-order chi connectivity index (χ1) is 5.35. The van der Waals surface area contributed by atoms with Gasteiger partial charge in [-0.25, -0.2) is 0 Å². The van der Waals surface area contributed by atoms with E-state index in [0.717, 1.165) is 0 Å². The molecule has 0 fully saturated rings. The van der Waals surface area contributed by atoms with Crippen LogP contribution in [0.15, 0.2) is 0 Å². The van der Waals surface area contributed by atoms with Gasteiger partial charge in [-0.1, -0.05) is 0 Å².